The van der Waals surface area contributed by atoms with Crippen molar-refractivity contribution in [3.63, 3.8) is 0 Å². The van der Waals surface area contributed by atoms with Crippen molar-refractivity contribution in [1.82, 2.24) is 20.5 Å². The van der Waals surface area contributed by atoms with Gasteiger partial charge in [0.25, 0.3) is 0 Å². The quantitative estimate of drug-likeness (QED) is 0.633. The van der Waals surface area contributed by atoms with E-state index in [0.29, 0.717) is 18.8 Å². The van der Waals surface area contributed by atoms with Gasteiger partial charge in [-0.05, 0) is 28.5 Å². The average molecular weight is 326 g/mol. The summed E-state index contributed by atoms with van der Waals surface area (Å²) in [6, 6.07) is 11.7. The molecule has 124 valence electrons. The molecule has 2 aromatic carbocycles. The van der Waals surface area contributed by atoms with Crippen LogP contribution in [0.4, 0.5) is 0 Å². The number of H-pyrrole nitrogens is 2. The molecule has 1 heterocycles. The van der Waals surface area contributed by atoms with Crippen LogP contribution in [0.2, 0.25) is 0 Å². The summed E-state index contributed by atoms with van der Waals surface area (Å²) in [7, 11) is 1.62. The number of ether oxygens (including phenoxy) is 1. The zero-order valence-corrected chi connectivity index (χ0v) is 13.3. The third kappa shape index (κ3) is 3.62. The van der Waals surface area contributed by atoms with Crippen LogP contribution in [0.15, 0.2) is 41.2 Å². The lowest BCUT2D eigenvalue weighted by molar-refractivity contribution is -0.120. The summed E-state index contributed by atoms with van der Waals surface area (Å²) in [5.74, 6) is 1.20. The van der Waals surface area contributed by atoms with Crippen molar-refractivity contribution in [2.45, 2.75) is 12.8 Å². The molecule has 3 aromatic rings. The average Bonchev–Trinajstić information content (AvgIpc) is 3.00. The van der Waals surface area contributed by atoms with Gasteiger partial charge >= 0.3 is 5.69 Å². The van der Waals surface area contributed by atoms with E-state index < -0.39 is 0 Å². The largest absolute Gasteiger partial charge is 0.497 e. The van der Waals surface area contributed by atoms with Gasteiger partial charge in [0, 0.05) is 13.0 Å². The van der Waals surface area contributed by atoms with Crippen molar-refractivity contribution in [3.8, 4) is 5.75 Å². The number of carbonyl (C=O) groups is 1. The molecule has 0 aliphatic rings. The summed E-state index contributed by atoms with van der Waals surface area (Å²) in [5, 5.41) is 11.0. The minimum absolute atomic E-state index is 0.0804. The molecule has 0 fully saturated rings. The number of aromatic amines is 2. The van der Waals surface area contributed by atoms with Crippen LogP contribution in [-0.4, -0.2) is 34.7 Å². The smallest absolute Gasteiger partial charge is 0.340 e. The number of nitrogens with one attached hydrogen (secondary N) is 3. The lowest BCUT2D eigenvalue weighted by Crippen LogP contribution is -2.27. The number of nitrogens with zero attached hydrogens (tertiary/aromatic N) is 1. The summed E-state index contributed by atoms with van der Waals surface area (Å²) in [6.45, 7) is 0.410. The number of rotatable bonds is 6. The van der Waals surface area contributed by atoms with E-state index in [2.05, 4.69) is 20.5 Å². The van der Waals surface area contributed by atoms with Crippen LogP contribution >= 0.6 is 0 Å². The second kappa shape index (κ2) is 6.99. The van der Waals surface area contributed by atoms with Crippen LogP contribution in [0.3, 0.4) is 0 Å². The third-order valence-corrected chi connectivity index (χ3v) is 3.76. The summed E-state index contributed by atoms with van der Waals surface area (Å²) < 4.78 is 5.26. The lowest BCUT2D eigenvalue weighted by atomic mass is 10.0. The highest BCUT2D eigenvalue weighted by atomic mass is 16.5. The topological polar surface area (TPSA) is 99.9 Å². The molecule has 7 nitrogen and oxygen atoms in total. The van der Waals surface area contributed by atoms with Gasteiger partial charge in [0.1, 0.15) is 11.6 Å². The van der Waals surface area contributed by atoms with Gasteiger partial charge in [-0.1, -0.05) is 24.3 Å². The molecule has 0 saturated carbocycles. The Labute approximate surface area is 138 Å². The van der Waals surface area contributed by atoms with Gasteiger partial charge in [-0.15, -0.1) is 0 Å². The van der Waals surface area contributed by atoms with Crippen molar-refractivity contribution >= 4 is 16.7 Å². The minimum atomic E-state index is -0.346. The van der Waals surface area contributed by atoms with E-state index in [4.69, 9.17) is 4.74 Å². The highest BCUT2D eigenvalue weighted by Crippen LogP contribution is 2.24. The van der Waals surface area contributed by atoms with E-state index in [0.717, 1.165) is 22.1 Å². The first-order valence-electron chi connectivity index (χ1n) is 7.61. The van der Waals surface area contributed by atoms with Crippen LogP contribution in [0, 0.1) is 0 Å². The summed E-state index contributed by atoms with van der Waals surface area (Å²) in [6.07, 6.45) is 0.745. The minimum Gasteiger partial charge on any atom is -0.497 e. The number of hydrogen-bond donors (Lipinski definition) is 3. The molecule has 0 atom stereocenters. The Morgan fingerprint density at radius 1 is 1.29 bits per heavy atom. The molecule has 1 amide bonds. The van der Waals surface area contributed by atoms with Crippen molar-refractivity contribution in [2.24, 2.45) is 0 Å². The van der Waals surface area contributed by atoms with Crippen molar-refractivity contribution in [1.29, 1.82) is 0 Å². The number of hydrogen-bond acceptors (Lipinski definition) is 4. The first kappa shape index (κ1) is 15.8. The maximum atomic E-state index is 12.2. The van der Waals surface area contributed by atoms with Crippen LogP contribution < -0.4 is 15.7 Å². The molecule has 0 bridgehead atoms. The van der Waals surface area contributed by atoms with E-state index in [1.807, 2.05) is 36.4 Å². The van der Waals surface area contributed by atoms with Gasteiger partial charge < -0.3 is 10.1 Å². The second-order valence-corrected chi connectivity index (χ2v) is 5.41. The first-order chi connectivity index (χ1) is 11.7. The molecule has 0 spiro atoms. The lowest BCUT2D eigenvalue weighted by Gasteiger charge is -2.09. The van der Waals surface area contributed by atoms with Crippen molar-refractivity contribution in [3.05, 3.63) is 58.3 Å². The summed E-state index contributed by atoms with van der Waals surface area (Å²) >= 11 is 0. The normalized spacial score (nSPS) is 10.7. The van der Waals surface area contributed by atoms with Gasteiger partial charge in [-0.2, -0.15) is 5.10 Å². The van der Waals surface area contributed by atoms with Gasteiger partial charge in [0.05, 0.1) is 13.5 Å². The molecular weight excluding hydrogens is 308 g/mol. The fraction of sp³-hybridized carbons (Fsp3) is 0.235. The monoisotopic (exact) mass is 326 g/mol. The molecule has 0 aliphatic heterocycles. The predicted molar refractivity (Wildman–Crippen MR) is 90.1 cm³/mol. The van der Waals surface area contributed by atoms with Crippen LogP contribution in [0.1, 0.15) is 11.4 Å². The number of aromatic nitrogens is 3. The summed E-state index contributed by atoms with van der Waals surface area (Å²) in [4.78, 5) is 25.6. The number of carbonyl (C=O) groups excluding carboxylic acids is 1. The Balaban J connectivity index is 1.65. The van der Waals surface area contributed by atoms with E-state index in [9.17, 15) is 9.59 Å². The van der Waals surface area contributed by atoms with Gasteiger partial charge in [-0.25, -0.2) is 9.89 Å². The Morgan fingerprint density at radius 3 is 2.92 bits per heavy atom. The fourth-order valence-corrected chi connectivity index (χ4v) is 2.58. The molecule has 24 heavy (non-hydrogen) atoms. The molecule has 0 radical (unpaired) electrons. The Hall–Kier alpha value is -3.09. The Kier molecular flexibility index (Phi) is 4.60. The molecule has 0 aliphatic carbocycles. The van der Waals surface area contributed by atoms with E-state index >= 15 is 0 Å². The predicted octanol–water partition coefficient (Wildman–Crippen LogP) is 1.16. The van der Waals surface area contributed by atoms with E-state index in [-0.39, 0.29) is 18.0 Å². The van der Waals surface area contributed by atoms with Gasteiger partial charge in [0.2, 0.25) is 5.91 Å². The SMILES string of the molecule is COc1ccc2cccc(CC(=O)NCCc3n[nH]c(=O)[nH]3)c2c1. The van der Waals surface area contributed by atoms with Gasteiger partial charge in [-0.3, -0.25) is 9.78 Å². The molecule has 3 N–H and O–H groups in total. The van der Waals surface area contributed by atoms with E-state index in [1.54, 1.807) is 7.11 Å². The Morgan fingerprint density at radius 2 is 2.17 bits per heavy atom. The number of benzene rings is 2. The zero-order chi connectivity index (χ0) is 16.9. The highest BCUT2D eigenvalue weighted by molar-refractivity contribution is 5.91. The zero-order valence-electron chi connectivity index (χ0n) is 13.3. The van der Waals surface area contributed by atoms with Crippen LogP contribution in [0.25, 0.3) is 10.8 Å². The van der Waals surface area contributed by atoms with Crippen molar-refractivity contribution < 1.29 is 9.53 Å². The fourth-order valence-electron chi connectivity index (χ4n) is 2.58. The molecule has 0 saturated heterocycles. The maximum Gasteiger partial charge on any atom is 0.340 e. The second-order valence-electron chi connectivity index (χ2n) is 5.41. The first-order valence-corrected chi connectivity index (χ1v) is 7.61. The van der Waals surface area contributed by atoms with Gasteiger partial charge in [0.15, 0.2) is 0 Å². The molecular formula is C17H18N4O3. The molecule has 3 rings (SSSR count). The van der Waals surface area contributed by atoms with Crippen LogP contribution in [0.5, 0.6) is 5.75 Å². The summed E-state index contributed by atoms with van der Waals surface area (Å²) in [5.41, 5.74) is 0.595. The number of methoxy groups -OCH3 is 1. The molecule has 7 heteroatoms. The van der Waals surface area contributed by atoms with E-state index in [1.165, 1.54) is 0 Å². The molecule has 0 unspecified atom stereocenters. The van der Waals surface area contributed by atoms with Crippen LogP contribution in [-0.2, 0) is 17.6 Å². The van der Waals surface area contributed by atoms with Crippen molar-refractivity contribution in [2.75, 3.05) is 13.7 Å². The molecule has 1 aromatic heterocycles. The number of amides is 1. The standard InChI is InChI=1S/C17H18N4O3/c1-24-13-6-5-11-3-2-4-12(14(11)10-13)9-16(22)18-8-7-15-19-17(23)21-20-15/h2-6,10H,7-9H2,1H3,(H,18,22)(H2,19,20,21,23). The maximum absolute atomic E-state index is 12.2. The Bertz CT molecular complexity index is 913. The third-order valence-electron chi connectivity index (χ3n) is 3.76. The highest BCUT2D eigenvalue weighted by Gasteiger charge is 2.08. The number of fused-ring (bicyclic) bond motifs is 1.